The van der Waals surface area contributed by atoms with E-state index in [2.05, 4.69) is 60.3 Å². The SMILES string of the molecule is CCC(C)c1ccc(Cc2cc(S(=O)(=O)OC)cc(S(=O)(=O)OC)c2)c(C(C)C)c1Cc1ccccc1. The molecule has 0 aliphatic rings. The van der Waals surface area contributed by atoms with E-state index in [0.29, 0.717) is 17.9 Å². The van der Waals surface area contributed by atoms with Crippen molar-refractivity contribution in [2.45, 2.75) is 68.6 Å². The van der Waals surface area contributed by atoms with Crippen LogP contribution in [0.4, 0.5) is 0 Å². The van der Waals surface area contributed by atoms with Gasteiger partial charge in [-0.1, -0.05) is 70.2 Å². The van der Waals surface area contributed by atoms with Crippen molar-refractivity contribution >= 4 is 20.2 Å². The molecule has 1 atom stereocenters. The molecule has 3 aromatic rings. The van der Waals surface area contributed by atoms with Crippen molar-refractivity contribution in [1.29, 1.82) is 0 Å². The van der Waals surface area contributed by atoms with Crippen LogP contribution in [0.5, 0.6) is 0 Å². The van der Waals surface area contributed by atoms with Gasteiger partial charge in [-0.05, 0) is 82.7 Å². The van der Waals surface area contributed by atoms with Gasteiger partial charge in [0.05, 0.1) is 24.0 Å². The van der Waals surface area contributed by atoms with E-state index in [1.54, 1.807) is 0 Å². The van der Waals surface area contributed by atoms with Gasteiger partial charge < -0.3 is 0 Å². The Labute approximate surface area is 221 Å². The normalized spacial score (nSPS) is 13.2. The molecule has 0 bridgehead atoms. The fourth-order valence-corrected chi connectivity index (χ4v) is 6.31. The van der Waals surface area contributed by atoms with Crippen molar-refractivity contribution < 1.29 is 25.2 Å². The number of rotatable bonds is 11. The number of hydrogen-bond donors (Lipinski definition) is 0. The van der Waals surface area contributed by atoms with Crippen molar-refractivity contribution in [1.82, 2.24) is 0 Å². The Bertz CT molecular complexity index is 1390. The average Bonchev–Trinajstić information content (AvgIpc) is 2.88. The van der Waals surface area contributed by atoms with E-state index in [0.717, 1.165) is 38.7 Å². The first-order valence-corrected chi connectivity index (χ1v) is 15.2. The van der Waals surface area contributed by atoms with Gasteiger partial charge in [0, 0.05) is 0 Å². The predicted octanol–water partition coefficient (Wildman–Crippen LogP) is 6.18. The van der Waals surface area contributed by atoms with Crippen molar-refractivity contribution in [3.05, 3.63) is 94.0 Å². The molecular weight excluding hydrogens is 508 g/mol. The predicted molar refractivity (Wildman–Crippen MR) is 146 cm³/mol. The molecule has 3 rings (SSSR count). The van der Waals surface area contributed by atoms with E-state index in [4.69, 9.17) is 0 Å². The highest BCUT2D eigenvalue weighted by Crippen LogP contribution is 2.35. The highest BCUT2D eigenvalue weighted by Gasteiger charge is 2.23. The minimum Gasteiger partial charge on any atom is -0.270 e. The van der Waals surface area contributed by atoms with Gasteiger partial charge in [-0.15, -0.1) is 0 Å². The van der Waals surface area contributed by atoms with Crippen LogP contribution in [-0.4, -0.2) is 31.1 Å². The van der Waals surface area contributed by atoms with E-state index in [1.165, 1.54) is 34.4 Å². The van der Waals surface area contributed by atoms with Gasteiger partial charge in [-0.2, -0.15) is 16.8 Å². The summed E-state index contributed by atoms with van der Waals surface area (Å²) in [5.74, 6) is 0.574. The fraction of sp³-hybridized carbons (Fsp3) is 0.379. The summed E-state index contributed by atoms with van der Waals surface area (Å²) in [6.45, 7) is 8.72. The molecule has 0 heterocycles. The maximum Gasteiger partial charge on any atom is 0.296 e. The Morgan fingerprint density at radius 1 is 0.730 bits per heavy atom. The topological polar surface area (TPSA) is 86.7 Å². The molecule has 0 saturated heterocycles. The maximum absolute atomic E-state index is 12.5. The molecule has 0 saturated carbocycles. The van der Waals surface area contributed by atoms with Crippen molar-refractivity contribution in [2.75, 3.05) is 14.2 Å². The molecule has 200 valence electrons. The second kappa shape index (κ2) is 11.9. The summed E-state index contributed by atoms with van der Waals surface area (Å²) in [7, 11) is -6.14. The molecule has 8 heteroatoms. The quantitative estimate of drug-likeness (QED) is 0.268. The summed E-state index contributed by atoms with van der Waals surface area (Å²) in [5.41, 5.74) is 6.57. The lowest BCUT2D eigenvalue weighted by atomic mass is 9.80. The molecule has 1 unspecified atom stereocenters. The molecule has 0 aliphatic carbocycles. The third kappa shape index (κ3) is 6.68. The highest BCUT2D eigenvalue weighted by atomic mass is 32.2. The Balaban J connectivity index is 2.23. The van der Waals surface area contributed by atoms with E-state index < -0.39 is 20.2 Å². The lowest BCUT2D eigenvalue weighted by Crippen LogP contribution is -2.11. The van der Waals surface area contributed by atoms with Crippen LogP contribution in [0.2, 0.25) is 0 Å². The second-order valence-electron chi connectivity index (χ2n) is 9.56. The Kier molecular flexibility index (Phi) is 9.34. The second-order valence-corrected chi connectivity index (χ2v) is 13.0. The zero-order valence-corrected chi connectivity index (χ0v) is 23.9. The molecule has 3 aromatic carbocycles. The molecule has 6 nitrogen and oxygen atoms in total. The zero-order chi connectivity index (χ0) is 27.4. The third-order valence-corrected chi connectivity index (χ3v) is 9.28. The first-order valence-electron chi connectivity index (χ1n) is 12.4. The van der Waals surface area contributed by atoms with Crippen LogP contribution >= 0.6 is 0 Å². The van der Waals surface area contributed by atoms with Crippen LogP contribution in [0.1, 0.15) is 79.3 Å². The minimum atomic E-state index is -4.12. The Morgan fingerprint density at radius 2 is 1.30 bits per heavy atom. The summed E-state index contributed by atoms with van der Waals surface area (Å²) in [5, 5.41) is 0. The lowest BCUT2D eigenvalue weighted by molar-refractivity contribution is 0.395. The van der Waals surface area contributed by atoms with Crippen molar-refractivity contribution in [2.24, 2.45) is 0 Å². The van der Waals surface area contributed by atoms with Crippen LogP contribution in [0, 0.1) is 0 Å². The number of hydrogen-bond acceptors (Lipinski definition) is 6. The molecular formula is C29H36O6S2. The van der Waals surface area contributed by atoms with E-state index in [1.807, 2.05) is 18.2 Å². The first-order chi connectivity index (χ1) is 17.4. The first kappa shape index (κ1) is 29.0. The highest BCUT2D eigenvalue weighted by molar-refractivity contribution is 7.87. The fourth-order valence-electron chi connectivity index (χ4n) is 4.72. The molecule has 0 amide bonds. The monoisotopic (exact) mass is 544 g/mol. The van der Waals surface area contributed by atoms with Crippen LogP contribution in [0.25, 0.3) is 0 Å². The molecule has 0 fully saturated rings. The third-order valence-electron chi connectivity index (χ3n) is 6.78. The molecule has 0 aromatic heterocycles. The molecule has 0 spiro atoms. The average molecular weight is 545 g/mol. The summed E-state index contributed by atoms with van der Waals surface area (Å²) in [6, 6.07) is 18.6. The van der Waals surface area contributed by atoms with Gasteiger partial charge in [0.1, 0.15) is 0 Å². The largest absolute Gasteiger partial charge is 0.296 e. The van der Waals surface area contributed by atoms with Crippen molar-refractivity contribution in [3.63, 3.8) is 0 Å². The van der Waals surface area contributed by atoms with Gasteiger partial charge in [-0.25, -0.2) is 0 Å². The Hall–Kier alpha value is -2.52. The smallest absolute Gasteiger partial charge is 0.270 e. The lowest BCUT2D eigenvalue weighted by Gasteiger charge is -2.25. The van der Waals surface area contributed by atoms with Crippen LogP contribution in [0.15, 0.2) is 70.5 Å². The molecule has 0 N–H and O–H groups in total. The van der Waals surface area contributed by atoms with Crippen LogP contribution in [-0.2, 0) is 41.4 Å². The van der Waals surface area contributed by atoms with Gasteiger partial charge in [0.15, 0.2) is 0 Å². The van der Waals surface area contributed by atoms with E-state index >= 15 is 0 Å². The Morgan fingerprint density at radius 3 is 1.78 bits per heavy atom. The minimum absolute atomic E-state index is 0.200. The summed E-state index contributed by atoms with van der Waals surface area (Å²) < 4.78 is 59.3. The standard InChI is InChI=1S/C29H36O6S2/c1-7-21(4)27-14-13-24(29(20(2)3)28(27)18-22-11-9-8-10-12-22)15-23-16-25(36(30,31)34-5)19-26(17-23)37(32,33)35-6/h8-14,16-17,19-21H,7,15,18H2,1-6H3. The van der Waals surface area contributed by atoms with Gasteiger partial charge in [0.25, 0.3) is 20.2 Å². The van der Waals surface area contributed by atoms with E-state index in [-0.39, 0.29) is 15.7 Å². The summed E-state index contributed by atoms with van der Waals surface area (Å²) in [4.78, 5) is -0.454. The van der Waals surface area contributed by atoms with Crippen molar-refractivity contribution in [3.8, 4) is 0 Å². The van der Waals surface area contributed by atoms with Crippen LogP contribution < -0.4 is 0 Å². The van der Waals surface area contributed by atoms with Crippen LogP contribution in [0.3, 0.4) is 0 Å². The molecule has 37 heavy (non-hydrogen) atoms. The summed E-state index contributed by atoms with van der Waals surface area (Å²) >= 11 is 0. The molecule has 0 radical (unpaired) electrons. The zero-order valence-electron chi connectivity index (χ0n) is 22.3. The van der Waals surface area contributed by atoms with Gasteiger partial charge >= 0.3 is 0 Å². The summed E-state index contributed by atoms with van der Waals surface area (Å²) in [6.07, 6.45) is 2.15. The number of benzene rings is 3. The molecule has 0 aliphatic heterocycles. The van der Waals surface area contributed by atoms with Gasteiger partial charge in [-0.3, -0.25) is 8.37 Å². The maximum atomic E-state index is 12.5. The van der Waals surface area contributed by atoms with E-state index in [9.17, 15) is 16.8 Å². The van der Waals surface area contributed by atoms with Gasteiger partial charge in [0.2, 0.25) is 0 Å².